The average molecular weight is 228 g/mol. The normalized spacial score (nSPS) is 8.38. The minimum absolute atomic E-state index is 0.801. The van der Waals surface area contributed by atoms with Crippen LogP contribution in [0.4, 0.5) is 5.69 Å². The van der Waals surface area contributed by atoms with Crippen molar-refractivity contribution in [3.8, 4) is 5.75 Å². The molecule has 1 aromatic carbocycles. The molecule has 7 heteroatoms. The van der Waals surface area contributed by atoms with Gasteiger partial charge in [-0.25, -0.2) is 9.59 Å². The lowest BCUT2D eigenvalue weighted by Gasteiger charge is -2.01. The molecule has 0 saturated heterocycles. The van der Waals surface area contributed by atoms with Crippen molar-refractivity contribution in [2.45, 2.75) is 0 Å². The lowest BCUT2D eigenvalue weighted by molar-refractivity contribution is -0.159. The number of aliphatic carboxylic acids is 2. The maximum absolute atomic E-state index is 9.10. The number of hydrogen-bond donors (Lipinski definition) is 4. The van der Waals surface area contributed by atoms with E-state index in [4.69, 9.17) is 30.4 Å². The number of ether oxygens (including phenoxy) is 1. The topological polar surface area (TPSA) is 122 Å². The monoisotopic (exact) mass is 228 g/mol. The van der Waals surface area contributed by atoms with Crippen molar-refractivity contribution in [3.63, 3.8) is 0 Å². The number of hydrazine groups is 1. The third-order valence-corrected chi connectivity index (χ3v) is 1.42. The number of nitrogens with one attached hydrogen (secondary N) is 1. The van der Waals surface area contributed by atoms with E-state index in [1.807, 2.05) is 24.3 Å². The fraction of sp³-hybridized carbons (Fsp3) is 0.111. The number of carboxylic acid groups (broad SMARTS) is 2. The number of methoxy groups -OCH3 is 1. The Hall–Kier alpha value is -2.28. The van der Waals surface area contributed by atoms with Gasteiger partial charge in [-0.2, -0.15) is 0 Å². The summed E-state index contributed by atoms with van der Waals surface area (Å²) < 4.78 is 4.96. The number of rotatable bonds is 2. The largest absolute Gasteiger partial charge is 0.497 e. The van der Waals surface area contributed by atoms with E-state index in [0.29, 0.717) is 0 Å². The van der Waals surface area contributed by atoms with Crippen molar-refractivity contribution < 1.29 is 24.5 Å². The van der Waals surface area contributed by atoms with Gasteiger partial charge >= 0.3 is 11.9 Å². The van der Waals surface area contributed by atoms with Crippen LogP contribution in [0.25, 0.3) is 0 Å². The second-order valence-electron chi connectivity index (χ2n) is 2.49. The van der Waals surface area contributed by atoms with Crippen molar-refractivity contribution in [2.24, 2.45) is 5.84 Å². The zero-order valence-electron chi connectivity index (χ0n) is 8.51. The van der Waals surface area contributed by atoms with Gasteiger partial charge in [0.25, 0.3) is 0 Å². The van der Waals surface area contributed by atoms with Crippen LogP contribution in [0.5, 0.6) is 5.75 Å². The summed E-state index contributed by atoms with van der Waals surface area (Å²) in [5, 5.41) is 14.8. The Morgan fingerprint density at radius 3 is 2.25 bits per heavy atom. The predicted octanol–water partition coefficient (Wildman–Crippen LogP) is 0.136. The molecule has 1 rings (SSSR count). The van der Waals surface area contributed by atoms with Gasteiger partial charge in [-0.15, -0.1) is 0 Å². The molecule has 0 radical (unpaired) electrons. The number of nitrogens with two attached hydrogens (primary N) is 1. The Bertz CT molecular complexity index is 335. The van der Waals surface area contributed by atoms with E-state index in [9.17, 15) is 0 Å². The molecule has 7 nitrogen and oxygen atoms in total. The molecule has 0 bridgehead atoms. The second kappa shape index (κ2) is 7.07. The van der Waals surface area contributed by atoms with Crippen LogP contribution in [0.1, 0.15) is 0 Å². The molecule has 88 valence electrons. The summed E-state index contributed by atoms with van der Waals surface area (Å²) in [6.45, 7) is 0. The number of benzene rings is 1. The first-order valence-corrected chi connectivity index (χ1v) is 4.08. The van der Waals surface area contributed by atoms with Gasteiger partial charge in [0, 0.05) is 6.07 Å². The molecule has 5 N–H and O–H groups in total. The molecule has 0 spiro atoms. The fourth-order valence-electron chi connectivity index (χ4n) is 0.713. The lowest BCUT2D eigenvalue weighted by atomic mass is 10.3. The highest BCUT2D eigenvalue weighted by molar-refractivity contribution is 6.27. The number of nitrogen functional groups attached to an aromatic ring is 1. The SMILES string of the molecule is COc1cccc(NN)c1.O=C(O)C(=O)O. The molecular weight excluding hydrogens is 216 g/mol. The molecule has 0 unspecified atom stereocenters. The van der Waals surface area contributed by atoms with Gasteiger partial charge in [0.2, 0.25) is 0 Å². The first-order valence-electron chi connectivity index (χ1n) is 4.08. The third-order valence-electron chi connectivity index (χ3n) is 1.42. The molecule has 1 aromatic rings. The van der Waals surface area contributed by atoms with Crippen LogP contribution in [-0.4, -0.2) is 29.3 Å². The van der Waals surface area contributed by atoms with E-state index >= 15 is 0 Å². The summed E-state index contributed by atoms with van der Waals surface area (Å²) in [5.41, 5.74) is 3.37. The van der Waals surface area contributed by atoms with Crippen molar-refractivity contribution in [1.29, 1.82) is 0 Å². The molecule has 16 heavy (non-hydrogen) atoms. The van der Waals surface area contributed by atoms with Gasteiger partial charge in [0.15, 0.2) is 0 Å². The summed E-state index contributed by atoms with van der Waals surface area (Å²) in [4.78, 5) is 18.2. The Labute approximate surface area is 91.4 Å². The van der Waals surface area contributed by atoms with E-state index < -0.39 is 11.9 Å². The van der Waals surface area contributed by atoms with Crippen LogP contribution in [0.2, 0.25) is 0 Å². The van der Waals surface area contributed by atoms with Gasteiger partial charge in [-0.05, 0) is 12.1 Å². The molecule has 0 heterocycles. The van der Waals surface area contributed by atoms with Crippen molar-refractivity contribution >= 4 is 17.6 Å². The Balaban J connectivity index is 0.000000325. The quantitative estimate of drug-likeness (QED) is 0.322. The van der Waals surface area contributed by atoms with Crippen LogP contribution < -0.4 is 16.0 Å². The van der Waals surface area contributed by atoms with Crippen LogP contribution in [0.3, 0.4) is 0 Å². The smallest absolute Gasteiger partial charge is 0.414 e. The highest BCUT2D eigenvalue weighted by Gasteiger charge is 2.04. The third kappa shape index (κ3) is 5.45. The van der Waals surface area contributed by atoms with Gasteiger partial charge < -0.3 is 20.4 Å². The molecule has 0 saturated carbocycles. The molecule has 0 aliphatic rings. The number of hydrogen-bond acceptors (Lipinski definition) is 5. The van der Waals surface area contributed by atoms with Gasteiger partial charge in [0.05, 0.1) is 12.8 Å². The minimum Gasteiger partial charge on any atom is -0.497 e. The van der Waals surface area contributed by atoms with Crippen LogP contribution in [0, 0.1) is 0 Å². The zero-order chi connectivity index (χ0) is 12.6. The summed E-state index contributed by atoms with van der Waals surface area (Å²) in [7, 11) is 1.62. The van der Waals surface area contributed by atoms with Gasteiger partial charge in [-0.3, -0.25) is 5.84 Å². The van der Waals surface area contributed by atoms with Crippen molar-refractivity contribution in [3.05, 3.63) is 24.3 Å². The molecule has 0 amide bonds. The summed E-state index contributed by atoms with van der Waals surface area (Å²) in [5.74, 6) is 2.32. The van der Waals surface area contributed by atoms with Gasteiger partial charge in [-0.1, -0.05) is 6.07 Å². The summed E-state index contributed by atoms with van der Waals surface area (Å²) in [6.07, 6.45) is 0. The van der Waals surface area contributed by atoms with E-state index in [1.54, 1.807) is 7.11 Å². The molecule has 0 aromatic heterocycles. The van der Waals surface area contributed by atoms with Gasteiger partial charge in [0.1, 0.15) is 5.75 Å². The Morgan fingerprint density at radius 2 is 1.88 bits per heavy atom. The zero-order valence-corrected chi connectivity index (χ0v) is 8.51. The summed E-state index contributed by atoms with van der Waals surface area (Å²) >= 11 is 0. The fourth-order valence-corrected chi connectivity index (χ4v) is 0.713. The second-order valence-corrected chi connectivity index (χ2v) is 2.49. The average Bonchev–Trinajstić information content (AvgIpc) is 2.29. The predicted molar refractivity (Wildman–Crippen MR) is 56.1 cm³/mol. The van der Waals surface area contributed by atoms with Crippen LogP contribution >= 0.6 is 0 Å². The minimum atomic E-state index is -1.82. The molecule has 0 fully saturated rings. The van der Waals surface area contributed by atoms with Crippen molar-refractivity contribution in [1.82, 2.24) is 0 Å². The first kappa shape index (κ1) is 13.7. The first-order chi connectivity index (χ1) is 7.51. The maximum Gasteiger partial charge on any atom is 0.414 e. The van der Waals surface area contributed by atoms with E-state index in [2.05, 4.69) is 5.43 Å². The molecule has 0 aliphatic heterocycles. The lowest BCUT2D eigenvalue weighted by Crippen LogP contribution is -2.09. The Kier molecular flexibility index (Phi) is 6.06. The maximum atomic E-state index is 9.10. The highest BCUT2D eigenvalue weighted by Crippen LogP contribution is 2.14. The standard InChI is InChI=1S/C7H10N2O.C2H2O4/c1-10-7-4-2-3-6(5-7)9-8;3-1(4)2(5)6/h2-5,9H,8H2,1H3;(H,3,4)(H,5,6). The number of anilines is 1. The molecule has 0 aliphatic carbocycles. The summed E-state index contributed by atoms with van der Waals surface area (Å²) in [6, 6.07) is 7.41. The van der Waals surface area contributed by atoms with Crippen molar-refractivity contribution in [2.75, 3.05) is 12.5 Å². The Morgan fingerprint density at radius 1 is 1.31 bits per heavy atom. The molecule has 0 atom stereocenters. The highest BCUT2D eigenvalue weighted by atomic mass is 16.5. The van der Waals surface area contributed by atoms with Crippen LogP contribution in [0.15, 0.2) is 24.3 Å². The van der Waals surface area contributed by atoms with Crippen LogP contribution in [-0.2, 0) is 9.59 Å². The molecular formula is C9H12N2O5. The number of carbonyl (C=O) groups is 2. The van der Waals surface area contributed by atoms with E-state index in [-0.39, 0.29) is 0 Å². The number of carboxylic acids is 2. The van der Waals surface area contributed by atoms with E-state index in [0.717, 1.165) is 11.4 Å². The van der Waals surface area contributed by atoms with E-state index in [1.165, 1.54) is 0 Å².